The number of anilines is 1. The predicted octanol–water partition coefficient (Wildman–Crippen LogP) is 3.59. The number of oxime groups is 1. The Morgan fingerprint density at radius 1 is 1.17 bits per heavy atom. The topological polar surface area (TPSA) is 99.5 Å². The molecule has 0 radical (unpaired) electrons. The summed E-state index contributed by atoms with van der Waals surface area (Å²) in [6, 6.07) is 13.7. The Morgan fingerprint density at radius 3 is 2.43 bits per heavy atom. The molecule has 0 aromatic heterocycles. The van der Waals surface area contributed by atoms with Gasteiger partial charge in [-0.1, -0.05) is 60.3 Å². The van der Waals surface area contributed by atoms with Gasteiger partial charge in [-0.15, -0.1) is 0 Å². The van der Waals surface area contributed by atoms with E-state index in [1.165, 1.54) is 6.08 Å². The van der Waals surface area contributed by atoms with Crippen LogP contribution < -0.4 is 4.90 Å². The van der Waals surface area contributed by atoms with Crippen molar-refractivity contribution >= 4 is 29.4 Å². The van der Waals surface area contributed by atoms with Crippen LogP contribution >= 0.6 is 0 Å². The number of carbonyl (C=O) groups excluding carboxylic acids is 3. The quantitative estimate of drug-likeness (QED) is 0.259. The van der Waals surface area contributed by atoms with Gasteiger partial charge < -0.3 is 9.94 Å². The zero-order chi connectivity index (χ0) is 21.7. The highest BCUT2D eigenvalue weighted by Gasteiger charge is 2.49. The lowest BCUT2D eigenvalue weighted by Gasteiger charge is -2.19. The largest absolute Gasteiger partial charge is 0.445 e. The summed E-state index contributed by atoms with van der Waals surface area (Å²) >= 11 is 0. The van der Waals surface area contributed by atoms with E-state index in [0.29, 0.717) is 17.0 Å². The summed E-state index contributed by atoms with van der Waals surface area (Å²) in [5.41, 5.74) is 2.12. The van der Waals surface area contributed by atoms with E-state index in [9.17, 15) is 14.4 Å². The van der Waals surface area contributed by atoms with E-state index in [2.05, 4.69) is 11.7 Å². The number of imide groups is 2. The first kappa shape index (κ1) is 20.8. The Balaban J connectivity index is 1.94. The van der Waals surface area contributed by atoms with E-state index < -0.39 is 24.1 Å². The molecule has 8 heteroatoms. The van der Waals surface area contributed by atoms with Crippen LogP contribution in [0.2, 0.25) is 0 Å². The molecular formula is C22H21N3O5. The molecule has 1 aliphatic heterocycles. The van der Waals surface area contributed by atoms with Crippen LogP contribution in [-0.2, 0) is 16.0 Å². The average Bonchev–Trinajstić information content (AvgIpc) is 3.01. The fraction of sp³-hybridized carbons (Fsp3) is 0.182. The van der Waals surface area contributed by atoms with Crippen molar-refractivity contribution in [2.45, 2.75) is 19.4 Å². The molecule has 1 unspecified atom stereocenters. The molecule has 0 bridgehead atoms. The van der Waals surface area contributed by atoms with E-state index in [0.717, 1.165) is 15.4 Å². The van der Waals surface area contributed by atoms with Crippen molar-refractivity contribution in [2.24, 2.45) is 5.16 Å². The highest BCUT2D eigenvalue weighted by molar-refractivity contribution is 6.25. The number of benzene rings is 2. The fourth-order valence-corrected chi connectivity index (χ4v) is 3.16. The lowest BCUT2D eigenvalue weighted by atomic mass is 10.1. The first-order chi connectivity index (χ1) is 14.5. The third-order valence-electron chi connectivity index (χ3n) is 4.70. The smallest absolute Gasteiger partial charge is 0.419 e. The summed E-state index contributed by atoms with van der Waals surface area (Å²) in [5, 5.41) is 12.0. The van der Waals surface area contributed by atoms with Crippen molar-refractivity contribution in [1.82, 2.24) is 4.90 Å². The Bertz CT molecular complexity index is 986. The van der Waals surface area contributed by atoms with Crippen LogP contribution in [0.3, 0.4) is 0 Å². The van der Waals surface area contributed by atoms with Gasteiger partial charge in [-0.2, -0.15) is 0 Å². The summed E-state index contributed by atoms with van der Waals surface area (Å²) in [6.45, 7) is 5.03. The maximum Gasteiger partial charge on any atom is 0.419 e. The van der Waals surface area contributed by atoms with Crippen molar-refractivity contribution in [1.29, 1.82) is 0 Å². The first-order valence-electron chi connectivity index (χ1n) is 9.25. The van der Waals surface area contributed by atoms with Crippen LogP contribution in [0.1, 0.15) is 18.1 Å². The van der Waals surface area contributed by atoms with Crippen molar-refractivity contribution in [2.75, 3.05) is 11.5 Å². The SMILES string of the molecule is C=CCOC(=O)N1C(=O)N(c2ccc(/C(C)=N/O)cc2)C(=O)C1Cc1ccccc1. The highest BCUT2D eigenvalue weighted by Crippen LogP contribution is 2.28. The zero-order valence-corrected chi connectivity index (χ0v) is 16.4. The highest BCUT2D eigenvalue weighted by atomic mass is 16.6. The number of urea groups is 1. The van der Waals surface area contributed by atoms with Gasteiger partial charge in [0.2, 0.25) is 0 Å². The number of nitrogens with zero attached hydrogens (tertiary/aromatic N) is 3. The van der Waals surface area contributed by atoms with Crippen molar-refractivity contribution in [3.8, 4) is 0 Å². The van der Waals surface area contributed by atoms with Crippen LogP contribution in [0.4, 0.5) is 15.3 Å². The van der Waals surface area contributed by atoms with Gasteiger partial charge in [0.25, 0.3) is 5.91 Å². The van der Waals surface area contributed by atoms with Crippen molar-refractivity contribution in [3.05, 3.63) is 78.4 Å². The van der Waals surface area contributed by atoms with Gasteiger partial charge in [-0.05, 0) is 30.2 Å². The number of amides is 4. The van der Waals surface area contributed by atoms with E-state index in [1.54, 1.807) is 31.2 Å². The third-order valence-corrected chi connectivity index (χ3v) is 4.70. The molecule has 0 spiro atoms. The van der Waals surface area contributed by atoms with Gasteiger partial charge in [0.1, 0.15) is 12.6 Å². The van der Waals surface area contributed by atoms with Crippen molar-refractivity contribution < 1.29 is 24.3 Å². The second kappa shape index (κ2) is 9.04. The molecule has 2 aromatic carbocycles. The molecule has 2 aromatic rings. The van der Waals surface area contributed by atoms with Gasteiger partial charge in [-0.25, -0.2) is 19.4 Å². The van der Waals surface area contributed by atoms with E-state index in [1.807, 2.05) is 30.3 Å². The average molecular weight is 407 g/mol. The minimum atomic E-state index is -1.03. The summed E-state index contributed by atoms with van der Waals surface area (Å²) in [5.74, 6) is -0.528. The Labute approximate surface area is 173 Å². The van der Waals surface area contributed by atoms with Crippen molar-refractivity contribution in [3.63, 3.8) is 0 Å². The maximum absolute atomic E-state index is 13.2. The summed E-state index contributed by atoms with van der Waals surface area (Å²) in [6.07, 6.45) is 0.643. The summed E-state index contributed by atoms with van der Waals surface area (Å²) in [4.78, 5) is 40.5. The molecule has 154 valence electrons. The third kappa shape index (κ3) is 4.07. The van der Waals surface area contributed by atoms with Crippen LogP contribution in [0, 0.1) is 0 Å². The Kier molecular flexibility index (Phi) is 6.26. The Hall–Kier alpha value is -3.94. The van der Waals surface area contributed by atoms with E-state index in [-0.39, 0.29) is 13.0 Å². The summed E-state index contributed by atoms with van der Waals surface area (Å²) < 4.78 is 5.04. The number of ether oxygens (including phenoxy) is 1. The van der Waals surface area contributed by atoms with Gasteiger partial charge >= 0.3 is 12.1 Å². The minimum absolute atomic E-state index is 0.0800. The zero-order valence-electron chi connectivity index (χ0n) is 16.4. The molecule has 0 aliphatic carbocycles. The molecule has 0 saturated carbocycles. The van der Waals surface area contributed by atoms with Crippen LogP contribution in [-0.4, -0.2) is 46.5 Å². The second-order valence-corrected chi connectivity index (χ2v) is 6.63. The van der Waals surface area contributed by atoms with Crippen LogP contribution in [0.15, 0.2) is 72.4 Å². The van der Waals surface area contributed by atoms with Gasteiger partial charge in [-0.3, -0.25) is 4.79 Å². The first-order valence-corrected chi connectivity index (χ1v) is 9.25. The molecule has 8 nitrogen and oxygen atoms in total. The van der Waals surface area contributed by atoms with Gasteiger partial charge in [0.05, 0.1) is 11.4 Å². The van der Waals surface area contributed by atoms with E-state index >= 15 is 0 Å². The molecule has 1 fully saturated rings. The van der Waals surface area contributed by atoms with Crippen LogP contribution in [0.25, 0.3) is 0 Å². The lowest BCUT2D eigenvalue weighted by molar-refractivity contribution is -0.119. The minimum Gasteiger partial charge on any atom is -0.445 e. The molecule has 30 heavy (non-hydrogen) atoms. The molecule has 1 heterocycles. The van der Waals surface area contributed by atoms with Gasteiger partial charge in [0.15, 0.2) is 0 Å². The maximum atomic E-state index is 13.2. The standard InChI is InChI=1S/C22H21N3O5/c1-3-13-30-22(28)25-19(14-16-7-5-4-6-8-16)20(26)24(21(25)27)18-11-9-17(10-12-18)15(2)23-29/h3-12,19,29H,1,13-14H2,2H3/b23-15+. The van der Waals surface area contributed by atoms with Gasteiger partial charge in [0, 0.05) is 6.42 Å². The molecule has 1 N–H and O–H groups in total. The number of carbonyl (C=O) groups is 3. The number of hydrogen-bond acceptors (Lipinski definition) is 6. The fourth-order valence-electron chi connectivity index (χ4n) is 3.16. The number of rotatable bonds is 6. The molecule has 1 atom stereocenters. The molecular weight excluding hydrogens is 386 g/mol. The molecule has 1 aliphatic rings. The monoisotopic (exact) mass is 407 g/mol. The molecule has 1 saturated heterocycles. The lowest BCUT2D eigenvalue weighted by Crippen LogP contribution is -2.42. The van der Waals surface area contributed by atoms with E-state index in [4.69, 9.17) is 9.94 Å². The summed E-state index contributed by atoms with van der Waals surface area (Å²) in [7, 11) is 0. The molecule has 4 amide bonds. The van der Waals surface area contributed by atoms with Crippen LogP contribution in [0.5, 0.6) is 0 Å². The second-order valence-electron chi connectivity index (χ2n) is 6.63. The predicted molar refractivity (Wildman–Crippen MR) is 111 cm³/mol. The number of hydrogen-bond donors (Lipinski definition) is 1. The normalized spacial score (nSPS) is 16.7. The Morgan fingerprint density at radius 2 is 1.83 bits per heavy atom. The molecule has 3 rings (SSSR count).